The fourth-order valence-electron chi connectivity index (χ4n) is 0.976. The van der Waals surface area contributed by atoms with E-state index < -0.39 is 0 Å². The van der Waals surface area contributed by atoms with Gasteiger partial charge in [-0.25, -0.2) is 0 Å². The van der Waals surface area contributed by atoms with E-state index in [2.05, 4.69) is 22.7 Å². The number of para-hydroxylation sites is 1. The number of hydrogen-bond acceptors (Lipinski definition) is 2. The van der Waals surface area contributed by atoms with Gasteiger partial charge in [-0.1, -0.05) is 6.07 Å². The molecule has 0 atom stereocenters. The standard InChI is InChI=1S/C9H11N3O2S.Co/c1-14-7-4-2-3-6(8(7)13)5-11-12-9(10)15;/h2-5H,1H3,(H4,10,11,12,13,15);/q;+2/p+1. The largest absolute Gasteiger partial charge is 2.00 e. The second kappa shape index (κ2) is 7.17. The number of nitrogens with zero attached hydrogens (tertiary/aromatic N) is 2. The first-order valence-corrected chi connectivity index (χ1v) is 4.54. The number of hydrogen-bond donors (Lipinski definition) is 1. The van der Waals surface area contributed by atoms with Gasteiger partial charge in [-0.3, -0.25) is 5.73 Å². The molecule has 87 valence electrons. The van der Waals surface area contributed by atoms with E-state index in [1.807, 2.05) is 0 Å². The summed E-state index contributed by atoms with van der Waals surface area (Å²) in [5.74, 6) is 0.749. The Morgan fingerprint density at radius 1 is 1.62 bits per heavy atom. The van der Waals surface area contributed by atoms with Crippen molar-refractivity contribution in [1.82, 2.24) is 0 Å². The van der Waals surface area contributed by atoms with Crippen molar-refractivity contribution in [2.24, 2.45) is 10.8 Å². The van der Waals surface area contributed by atoms with Crippen molar-refractivity contribution in [3.8, 4) is 11.5 Å². The summed E-state index contributed by atoms with van der Waals surface area (Å²) in [7, 11) is 1.51. The van der Waals surface area contributed by atoms with Crippen molar-refractivity contribution in [1.29, 1.82) is 0 Å². The van der Waals surface area contributed by atoms with E-state index >= 15 is 0 Å². The third-order valence-electron chi connectivity index (χ3n) is 1.64. The Bertz CT molecular complexity index is 398. The van der Waals surface area contributed by atoms with Gasteiger partial charge in [0.15, 0.2) is 17.3 Å². The molecule has 1 aromatic rings. The van der Waals surface area contributed by atoms with Crippen LogP contribution in [0.3, 0.4) is 0 Å². The maximum Gasteiger partial charge on any atom is 2.00 e. The van der Waals surface area contributed by atoms with E-state index in [9.17, 15) is 0 Å². The number of nitrogens with two attached hydrogens (primary N) is 1. The Labute approximate surface area is 109 Å². The minimum atomic E-state index is 0. The van der Waals surface area contributed by atoms with E-state index in [0.29, 0.717) is 11.3 Å². The Kier molecular flexibility index (Phi) is 6.66. The number of thiol groups is 1. The van der Waals surface area contributed by atoms with Crippen molar-refractivity contribution in [2.45, 2.75) is 0 Å². The van der Waals surface area contributed by atoms with Crippen molar-refractivity contribution in [3.05, 3.63) is 29.2 Å². The van der Waals surface area contributed by atoms with Gasteiger partial charge in [0.25, 0.3) is 0 Å². The van der Waals surface area contributed by atoms with Crippen LogP contribution in [-0.2, 0) is 29.0 Å². The maximum absolute atomic E-state index is 7.72. The zero-order valence-electron chi connectivity index (χ0n) is 8.47. The molecule has 0 aliphatic rings. The van der Waals surface area contributed by atoms with Crippen LogP contribution in [0.5, 0.6) is 11.5 Å². The summed E-state index contributed by atoms with van der Waals surface area (Å²) < 4.78 is 4.99. The molecule has 0 saturated carbocycles. The molecule has 0 aliphatic heterocycles. The molecule has 5 nitrogen and oxygen atoms in total. The minimum Gasteiger partial charge on any atom is -0.590 e. The van der Waals surface area contributed by atoms with Crippen molar-refractivity contribution in [2.75, 3.05) is 7.11 Å². The SMILES string of the molecule is COc1cccc(C=N[N-]C(N)=[SH+])c1[OH2+].[Co+2]. The van der Waals surface area contributed by atoms with E-state index in [1.165, 1.54) is 13.3 Å². The predicted octanol–water partition coefficient (Wildman–Crippen LogP) is 0.163. The molecule has 1 radical (unpaired) electrons. The van der Waals surface area contributed by atoms with Crippen LogP contribution in [0.4, 0.5) is 0 Å². The Hall–Kier alpha value is -1.15. The molecule has 0 unspecified atom stereocenters. The normalized spacial score (nSPS) is 9.62. The van der Waals surface area contributed by atoms with Gasteiger partial charge < -0.3 is 20.4 Å². The van der Waals surface area contributed by atoms with Gasteiger partial charge in [0, 0.05) is 6.21 Å². The molecule has 16 heavy (non-hydrogen) atoms. The molecule has 4 N–H and O–H groups in total. The molecule has 1 aromatic carbocycles. The summed E-state index contributed by atoms with van der Waals surface area (Å²) >= 11 is 3.75. The van der Waals surface area contributed by atoms with Crippen LogP contribution in [0.1, 0.15) is 5.56 Å². The number of methoxy groups -OCH3 is 1. The van der Waals surface area contributed by atoms with Gasteiger partial charge in [0.2, 0.25) is 5.75 Å². The van der Waals surface area contributed by atoms with Gasteiger partial charge in [0.1, 0.15) is 0 Å². The second-order valence-electron chi connectivity index (χ2n) is 2.63. The first-order valence-electron chi connectivity index (χ1n) is 4.09. The zero-order chi connectivity index (χ0) is 11.3. The summed E-state index contributed by atoms with van der Waals surface area (Å²) in [5.41, 5.74) is 9.30. The van der Waals surface area contributed by atoms with E-state index in [-0.39, 0.29) is 27.6 Å². The van der Waals surface area contributed by atoms with Crippen LogP contribution in [0.15, 0.2) is 23.3 Å². The van der Waals surface area contributed by atoms with Crippen molar-refractivity contribution in [3.63, 3.8) is 0 Å². The summed E-state index contributed by atoms with van der Waals surface area (Å²) in [6.07, 6.45) is 1.42. The number of rotatable bonds is 3. The topological polar surface area (TPSA) is 84.6 Å². The number of ether oxygens (including phenoxy) is 1. The minimum absolute atomic E-state index is 0. The zero-order valence-corrected chi connectivity index (χ0v) is 10.4. The van der Waals surface area contributed by atoms with E-state index in [0.717, 1.165) is 0 Å². The smallest absolute Gasteiger partial charge is 0.590 e. The van der Waals surface area contributed by atoms with E-state index in [1.54, 1.807) is 18.2 Å². The number of benzene rings is 1. The van der Waals surface area contributed by atoms with Crippen molar-refractivity contribution >= 4 is 23.5 Å². The third-order valence-corrected chi connectivity index (χ3v) is 1.72. The molecule has 0 saturated heterocycles. The predicted molar refractivity (Wildman–Crippen MR) is 65.0 cm³/mol. The van der Waals surface area contributed by atoms with E-state index in [4.69, 9.17) is 15.6 Å². The molecule has 7 heteroatoms. The third kappa shape index (κ3) is 4.15. The van der Waals surface area contributed by atoms with Crippen LogP contribution in [-0.4, -0.2) is 23.5 Å². The van der Waals surface area contributed by atoms with Crippen LogP contribution < -0.4 is 10.5 Å². The fraction of sp³-hybridized carbons (Fsp3) is 0.111. The van der Waals surface area contributed by atoms with Gasteiger partial charge in [0.05, 0.1) is 12.7 Å². The molecular weight excluding hydrogens is 273 g/mol. The monoisotopic (exact) mass is 285 g/mol. The van der Waals surface area contributed by atoms with Crippen LogP contribution in [0, 0.1) is 0 Å². The molecule has 0 bridgehead atoms. The van der Waals surface area contributed by atoms with Crippen LogP contribution >= 0.6 is 0 Å². The average Bonchev–Trinajstić information content (AvgIpc) is 2.20. The molecule has 0 aliphatic carbocycles. The van der Waals surface area contributed by atoms with Crippen LogP contribution in [0.2, 0.25) is 0 Å². The summed E-state index contributed by atoms with van der Waals surface area (Å²) in [5, 5.41) is 11.5. The summed E-state index contributed by atoms with van der Waals surface area (Å²) in [6.45, 7) is 0. The molecular formula is C9H12CoN3O2S+3. The van der Waals surface area contributed by atoms with Crippen molar-refractivity contribution < 1.29 is 26.6 Å². The first-order chi connectivity index (χ1) is 7.15. The molecule has 0 heterocycles. The molecule has 0 amide bonds. The Balaban J connectivity index is 0.00000225. The average molecular weight is 285 g/mol. The summed E-state index contributed by atoms with van der Waals surface area (Å²) in [6, 6.07) is 5.21. The second-order valence-corrected chi connectivity index (χ2v) is 3.09. The Morgan fingerprint density at radius 2 is 2.31 bits per heavy atom. The quantitative estimate of drug-likeness (QED) is 0.282. The van der Waals surface area contributed by atoms with Crippen LogP contribution in [0.25, 0.3) is 5.43 Å². The molecule has 1 rings (SSSR count). The van der Waals surface area contributed by atoms with Gasteiger partial charge in [-0.2, -0.15) is 0 Å². The fourth-order valence-corrected chi connectivity index (χ4v) is 1.03. The van der Waals surface area contributed by atoms with Gasteiger partial charge in [-0.15, -0.1) is 0 Å². The first kappa shape index (κ1) is 14.8. The van der Waals surface area contributed by atoms with Gasteiger partial charge in [-0.05, 0) is 12.1 Å². The molecule has 0 aromatic heterocycles. The summed E-state index contributed by atoms with van der Waals surface area (Å²) in [4.78, 5) is 0. The molecule has 0 fully saturated rings. The Morgan fingerprint density at radius 3 is 2.88 bits per heavy atom. The molecule has 0 spiro atoms. The maximum atomic E-state index is 7.72. The van der Waals surface area contributed by atoms with Gasteiger partial charge >= 0.3 is 22.5 Å².